The van der Waals surface area contributed by atoms with Crippen LogP contribution in [0.25, 0.3) is 0 Å². The number of rotatable bonds is 20. The highest BCUT2D eigenvalue weighted by atomic mass is 32.2. The molecule has 0 heterocycles. The van der Waals surface area contributed by atoms with E-state index in [0.29, 0.717) is 31.4 Å². The van der Waals surface area contributed by atoms with Gasteiger partial charge in [0.05, 0.1) is 0 Å². The van der Waals surface area contributed by atoms with Crippen LogP contribution in [0.5, 0.6) is 0 Å². The van der Waals surface area contributed by atoms with Crippen molar-refractivity contribution in [1.82, 2.24) is 21.3 Å². The van der Waals surface area contributed by atoms with Crippen LogP contribution >= 0.6 is 11.8 Å². The lowest BCUT2D eigenvalue weighted by atomic mass is 10.00. The number of nitrogens with one attached hydrogen (secondary N) is 4. The van der Waals surface area contributed by atoms with Gasteiger partial charge in [0.1, 0.15) is 24.2 Å². The Hall–Kier alpha value is -3.08. The summed E-state index contributed by atoms with van der Waals surface area (Å²) >= 11 is 1.53. The van der Waals surface area contributed by atoms with Crippen LogP contribution in [0.4, 0.5) is 0 Å². The minimum absolute atomic E-state index is 0.0427. The zero-order valence-electron chi connectivity index (χ0n) is 23.4. The Labute approximate surface area is 235 Å². The van der Waals surface area contributed by atoms with Gasteiger partial charge in [-0.1, -0.05) is 70.4 Å². The molecule has 0 bridgehead atoms. The average Bonchev–Trinajstić information content (AvgIpc) is 2.89. The van der Waals surface area contributed by atoms with Crippen LogP contribution in [0.3, 0.4) is 0 Å². The first-order valence-corrected chi connectivity index (χ1v) is 14.9. The molecule has 0 aliphatic heterocycles. The van der Waals surface area contributed by atoms with E-state index in [1.165, 1.54) is 11.8 Å². The fraction of sp³-hybridized carbons (Fsp3) is 0.607. The quantitative estimate of drug-likeness (QED) is 0.120. The highest BCUT2D eigenvalue weighted by Crippen LogP contribution is 2.10. The van der Waals surface area contributed by atoms with E-state index >= 15 is 0 Å². The Morgan fingerprint density at radius 1 is 0.872 bits per heavy atom. The SMILES string of the molecule is CCCCCC(NC(=O)C(Cc1ccccc1)NC(=O)C(CC(C)C)NC(=O)C(CCSC)NC=O)C(=O)O. The number of amides is 4. The number of hydrogen-bond acceptors (Lipinski definition) is 6. The first kappa shape index (κ1) is 33.9. The van der Waals surface area contributed by atoms with Crippen molar-refractivity contribution in [2.45, 2.75) is 89.9 Å². The van der Waals surface area contributed by atoms with Gasteiger partial charge in [-0.3, -0.25) is 19.2 Å². The first-order valence-electron chi connectivity index (χ1n) is 13.5. The average molecular weight is 565 g/mol. The molecule has 0 aromatic heterocycles. The Balaban J connectivity index is 3.13. The number of unbranched alkanes of at least 4 members (excludes halogenated alkanes) is 2. The van der Waals surface area contributed by atoms with Crippen LogP contribution in [-0.2, 0) is 30.4 Å². The van der Waals surface area contributed by atoms with Gasteiger partial charge in [-0.15, -0.1) is 0 Å². The minimum atomic E-state index is -1.13. The Bertz CT molecular complexity index is 915. The molecule has 4 atom stereocenters. The van der Waals surface area contributed by atoms with E-state index in [2.05, 4.69) is 21.3 Å². The summed E-state index contributed by atoms with van der Waals surface area (Å²) in [6.45, 7) is 5.82. The van der Waals surface area contributed by atoms with E-state index in [1.54, 1.807) is 0 Å². The summed E-state index contributed by atoms with van der Waals surface area (Å²) in [4.78, 5) is 62.5. The van der Waals surface area contributed by atoms with Gasteiger partial charge >= 0.3 is 5.97 Å². The molecule has 1 aromatic rings. The van der Waals surface area contributed by atoms with Crippen molar-refractivity contribution in [1.29, 1.82) is 0 Å². The molecule has 1 rings (SSSR count). The third-order valence-corrected chi connectivity index (χ3v) is 6.81. The van der Waals surface area contributed by atoms with Crippen molar-refractivity contribution < 1.29 is 29.1 Å². The molecule has 0 radical (unpaired) electrons. The molecule has 1 aromatic carbocycles. The van der Waals surface area contributed by atoms with Gasteiger partial charge in [-0.25, -0.2) is 4.79 Å². The number of thioether (sulfide) groups is 1. The molecule has 0 fully saturated rings. The van der Waals surface area contributed by atoms with Gasteiger partial charge in [-0.05, 0) is 42.8 Å². The fourth-order valence-electron chi connectivity index (χ4n) is 4.04. The minimum Gasteiger partial charge on any atom is -0.480 e. The standard InChI is InChI=1S/C28H44N4O6S/c1-5-6-8-13-22(28(37)38)30-27(36)24(17-20-11-9-7-10-12-20)32-26(35)23(16-19(2)3)31-25(34)21(29-18-33)14-15-39-4/h7,9-12,18-19,21-24H,5-6,8,13-17H2,1-4H3,(H,29,33)(H,30,36)(H,31,34)(H,32,35)(H,37,38). The zero-order chi connectivity index (χ0) is 29.2. The van der Waals surface area contributed by atoms with E-state index in [9.17, 15) is 29.1 Å². The van der Waals surface area contributed by atoms with Crippen molar-refractivity contribution in [2.24, 2.45) is 5.92 Å². The van der Waals surface area contributed by atoms with E-state index < -0.39 is 47.9 Å². The third kappa shape index (κ3) is 13.5. The Morgan fingerprint density at radius 2 is 1.46 bits per heavy atom. The number of aliphatic carboxylic acids is 1. The number of carbonyl (C=O) groups excluding carboxylic acids is 4. The molecule has 10 nitrogen and oxygen atoms in total. The molecular formula is C28H44N4O6S. The second kappa shape index (κ2) is 19.1. The molecule has 0 saturated heterocycles. The van der Waals surface area contributed by atoms with Gasteiger partial charge in [0, 0.05) is 6.42 Å². The maximum atomic E-state index is 13.4. The van der Waals surface area contributed by atoms with Crippen molar-refractivity contribution >= 4 is 41.9 Å². The third-order valence-electron chi connectivity index (χ3n) is 6.16. The number of carbonyl (C=O) groups is 5. The lowest BCUT2D eigenvalue weighted by Crippen LogP contribution is -2.58. The van der Waals surface area contributed by atoms with Crippen LogP contribution in [0.1, 0.15) is 64.9 Å². The molecule has 11 heteroatoms. The van der Waals surface area contributed by atoms with Gasteiger partial charge in [-0.2, -0.15) is 11.8 Å². The summed E-state index contributed by atoms with van der Waals surface area (Å²) < 4.78 is 0. The molecule has 0 aliphatic carbocycles. The van der Waals surface area contributed by atoms with Crippen molar-refractivity contribution in [3.63, 3.8) is 0 Å². The lowest BCUT2D eigenvalue weighted by molar-refractivity contribution is -0.142. The molecule has 0 spiro atoms. The maximum Gasteiger partial charge on any atom is 0.326 e. The van der Waals surface area contributed by atoms with E-state index in [-0.39, 0.29) is 18.8 Å². The predicted octanol–water partition coefficient (Wildman–Crippen LogP) is 2.26. The predicted molar refractivity (Wildman–Crippen MR) is 153 cm³/mol. The highest BCUT2D eigenvalue weighted by molar-refractivity contribution is 7.98. The smallest absolute Gasteiger partial charge is 0.326 e. The van der Waals surface area contributed by atoms with Crippen LogP contribution in [0.2, 0.25) is 0 Å². The largest absolute Gasteiger partial charge is 0.480 e. The molecule has 5 N–H and O–H groups in total. The lowest BCUT2D eigenvalue weighted by Gasteiger charge is -2.26. The Morgan fingerprint density at radius 3 is 2.03 bits per heavy atom. The van der Waals surface area contributed by atoms with Crippen molar-refractivity contribution in [3.8, 4) is 0 Å². The van der Waals surface area contributed by atoms with Gasteiger partial charge in [0.25, 0.3) is 0 Å². The highest BCUT2D eigenvalue weighted by Gasteiger charge is 2.31. The normalized spacial score (nSPS) is 14.0. The van der Waals surface area contributed by atoms with Crippen LogP contribution < -0.4 is 21.3 Å². The number of carboxylic acids is 1. The van der Waals surface area contributed by atoms with Crippen molar-refractivity contribution in [3.05, 3.63) is 35.9 Å². The summed E-state index contributed by atoms with van der Waals surface area (Å²) in [7, 11) is 0. The molecule has 4 amide bonds. The van der Waals surface area contributed by atoms with E-state index in [4.69, 9.17) is 0 Å². The molecule has 218 valence electrons. The molecule has 4 unspecified atom stereocenters. The van der Waals surface area contributed by atoms with Gasteiger partial charge in [0.2, 0.25) is 24.1 Å². The topological polar surface area (TPSA) is 154 Å². The summed E-state index contributed by atoms with van der Waals surface area (Å²) in [5.74, 6) is -2.09. The molecule has 0 aliphatic rings. The summed E-state index contributed by atoms with van der Waals surface area (Å²) in [6, 6.07) is 5.22. The van der Waals surface area contributed by atoms with E-state index in [0.717, 1.165) is 18.4 Å². The van der Waals surface area contributed by atoms with Gasteiger partial charge < -0.3 is 26.4 Å². The molecular weight excluding hydrogens is 520 g/mol. The van der Waals surface area contributed by atoms with Crippen LogP contribution in [0, 0.1) is 5.92 Å². The number of carboxylic acid groups (broad SMARTS) is 1. The number of benzene rings is 1. The second-order valence-corrected chi connectivity index (χ2v) is 10.9. The molecule has 0 saturated carbocycles. The molecule has 39 heavy (non-hydrogen) atoms. The van der Waals surface area contributed by atoms with Gasteiger partial charge in [0.15, 0.2) is 0 Å². The van der Waals surface area contributed by atoms with Crippen molar-refractivity contribution in [2.75, 3.05) is 12.0 Å². The van der Waals surface area contributed by atoms with Crippen LogP contribution in [0.15, 0.2) is 30.3 Å². The maximum absolute atomic E-state index is 13.4. The van der Waals surface area contributed by atoms with Crippen LogP contribution in [-0.4, -0.2) is 71.4 Å². The Kier molecular flexibility index (Phi) is 16.6. The summed E-state index contributed by atoms with van der Waals surface area (Å²) in [5, 5.41) is 20.2. The monoisotopic (exact) mass is 564 g/mol. The zero-order valence-corrected chi connectivity index (χ0v) is 24.2. The summed E-state index contributed by atoms with van der Waals surface area (Å²) in [6.07, 6.45) is 5.90. The first-order chi connectivity index (χ1) is 18.6. The second-order valence-electron chi connectivity index (χ2n) is 9.96. The summed E-state index contributed by atoms with van der Waals surface area (Å²) in [5.41, 5.74) is 0.785. The fourth-order valence-corrected chi connectivity index (χ4v) is 4.51. The van der Waals surface area contributed by atoms with E-state index in [1.807, 2.05) is 57.4 Å². The number of hydrogen-bond donors (Lipinski definition) is 5.